The number of urea groups is 1. The largest absolute Gasteiger partial charge is 0.379 e. The molecule has 2 fully saturated rings. The van der Waals surface area contributed by atoms with E-state index in [1.807, 2.05) is 0 Å². The predicted octanol–water partition coefficient (Wildman–Crippen LogP) is 0.503. The molecule has 10 heteroatoms. The number of nitrogens with zero attached hydrogens (tertiary/aromatic N) is 3. The molecule has 0 aliphatic carbocycles. The van der Waals surface area contributed by atoms with Crippen molar-refractivity contribution < 1.29 is 22.7 Å². The molecule has 2 aliphatic rings. The second-order valence-corrected chi connectivity index (χ2v) is 8.79. The van der Waals surface area contributed by atoms with E-state index in [9.17, 15) is 13.2 Å². The Balaban J connectivity index is 1.57. The van der Waals surface area contributed by atoms with Gasteiger partial charge in [-0.3, -0.25) is 4.90 Å². The van der Waals surface area contributed by atoms with Gasteiger partial charge in [0, 0.05) is 52.0 Å². The van der Waals surface area contributed by atoms with Gasteiger partial charge in [0.1, 0.15) is 0 Å². The van der Waals surface area contributed by atoms with Gasteiger partial charge in [-0.1, -0.05) is 6.07 Å². The first-order chi connectivity index (χ1) is 13.5. The number of ether oxygens (including phenoxy) is 2. The standard InChI is InChI=1S/C18H28N4O5S/c1-20(5-6-21-7-11-26-12-8-21)18(23)19-16-3-2-4-17(15-16)28(24,25)22-9-13-27-14-10-22/h2-4,15H,5-14H2,1H3,(H,19,23). The smallest absolute Gasteiger partial charge is 0.321 e. The number of hydrogen-bond donors (Lipinski definition) is 1. The molecule has 0 saturated carbocycles. The predicted molar refractivity (Wildman–Crippen MR) is 105 cm³/mol. The Morgan fingerprint density at radius 2 is 1.75 bits per heavy atom. The molecular formula is C18H28N4O5S. The number of likely N-dealkylation sites (N-methyl/N-ethyl adjacent to an activating group) is 1. The van der Waals surface area contributed by atoms with E-state index in [4.69, 9.17) is 9.47 Å². The number of carbonyl (C=O) groups is 1. The van der Waals surface area contributed by atoms with Gasteiger partial charge in [-0.15, -0.1) is 0 Å². The molecule has 2 amide bonds. The van der Waals surface area contributed by atoms with Crippen LogP contribution in [-0.4, -0.2) is 101 Å². The summed E-state index contributed by atoms with van der Waals surface area (Å²) in [5.41, 5.74) is 0.456. The average molecular weight is 413 g/mol. The molecule has 1 aromatic rings. The van der Waals surface area contributed by atoms with Crippen LogP contribution in [0.25, 0.3) is 0 Å². The zero-order valence-electron chi connectivity index (χ0n) is 16.2. The molecule has 3 rings (SSSR count). The molecule has 156 valence electrons. The molecular weight excluding hydrogens is 384 g/mol. The summed E-state index contributed by atoms with van der Waals surface area (Å²) >= 11 is 0. The summed E-state index contributed by atoms with van der Waals surface area (Å²) < 4.78 is 37.5. The molecule has 0 unspecified atom stereocenters. The molecule has 0 bridgehead atoms. The fraction of sp³-hybridized carbons (Fsp3) is 0.611. The molecule has 9 nitrogen and oxygen atoms in total. The van der Waals surface area contributed by atoms with Gasteiger partial charge in [-0.05, 0) is 18.2 Å². The van der Waals surface area contributed by atoms with E-state index >= 15 is 0 Å². The van der Waals surface area contributed by atoms with E-state index < -0.39 is 10.0 Å². The highest BCUT2D eigenvalue weighted by atomic mass is 32.2. The van der Waals surface area contributed by atoms with Gasteiger partial charge in [0.2, 0.25) is 10.0 Å². The lowest BCUT2D eigenvalue weighted by atomic mass is 10.3. The van der Waals surface area contributed by atoms with Crippen molar-refractivity contribution in [3.8, 4) is 0 Å². The molecule has 2 aliphatic heterocycles. The normalized spacial score (nSPS) is 19.3. The lowest BCUT2D eigenvalue weighted by Crippen LogP contribution is -2.42. The first-order valence-corrected chi connectivity index (χ1v) is 10.9. The van der Waals surface area contributed by atoms with Gasteiger partial charge in [-0.25, -0.2) is 13.2 Å². The minimum Gasteiger partial charge on any atom is -0.379 e. The van der Waals surface area contributed by atoms with Crippen molar-refractivity contribution in [3.63, 3.8) is 0 Å². The zero-order chi connectivity index (χ0) is 20.0. The summed E-state index contributed by atoms with van der Waals surface area (Å²) in [7, 11) is -1.87. The molecule has 28 heavy (non-hydrogen) atoms. The van der Waals surface area contributed by atoms with Crippen LogP contribution in [0.1, 0.15) is 0 Å². The van der Waals surface area contributed by atoms with Crippen LogP contribution in [0.4, 0.5) is 10.5 Å². The van der Waals surface area contributed by atoms with E-state index in [0.29, 0.717) is 38.5 Å². The summed E-state index contributed by atoms with van der Waals surface area (Å²) in [6, 6.07) is 6.10. The summed E-state index contributed by atoms with van der Waals surface area (Å²) in [6.07, 6.45) is 0. The van der Waals surface area contributed by atoms with Crippen molar-refractivity contribution in [1.29, 1.82) is 0 Å². The van der Waals surface area contributed by atoms with Crippen LogP contribution >= 0.6 is 0 Å². The SMILES string of the molecule is CN(CCN1CCOCC1)C(=O)Nc1cccc(S(=O)(=O)N2CCOCC2)c1. The van der Waals surface area contributed by atoms with Crippen molar-refractivity contribution in [3.05, 3.63) is 24.3 Å². The molecule has 0 radical (unpaired) electrons. The topological polar surface area (TPSA) is 91.4 Å². The Labute approximate surface area is 166 Å². The molecule has 2 heterocycles. The van der Waals surface area contributed by atoms with Crippen molar-refractivity contribution in [2.24, 2.45) is 0 Å². The van der Waals surface area contributed by atoms with E-state index in [2.05, 4.69) is 10.2 Å². The molecule has 0 spiro atoms. The number of morpholine rings is 2. The van der Waals surface area contributed by atoms with E-state index in [1.54, 1.807) is 30.1 Å². The number of benzene rings is 1. The Bertz CT molecular complexity index is 761. The van der Waals surface area contributed by atoms with Crippen molar-refractivity contribution in [1.82, 2.24) is 14.1 Å². The highest BCUT2D eigenvalue weighted by Crippen LogP contribution is 2.20. The monoisotopic (exact) mass is 412 g/mol. The van der Waals surface area contributed by atoms with Crippen LogP contribution in [0.15, 0.2) is 29.2 Å². The fourth-order valence-electron chi connectivity index (χ4n) is 3.11. The minimum absolute atomic E-state index is 0.170. The maximum absolute atomic E-state index is 12.8. The number of nitrogens with one attached hydrogen (secondary N) is 1. The quantitative estimate of drug-likeness (QED) is 0.732. The zero-order valence-corrected chi connectivity index (χ0v) is 17.0. The molecule has 0 atom stereocenters. The summed E-state index contributed by atoms with van der Waals surface area (Å²) in [5.74, 6) is 0. The molecule has 2 saturated heterocycles. The highest BCUT2D eigenvalue weighted by molar-refractivity contribution is 7.89. The Hall–Kier alpha value is -1.72. The summed E-state index contributed by atoms with van der Waals surface area (Å²) in [5, 5.41) is 2.78. The van der Waals surface area contributed by atoms with Crippen LogP contribution in [0, 0.1) is 0 Å². The Kier molecular flexibility index (Phi) is 7.24. The van der Waals surface area contributed by atoms with E-state index in [1.165, 1.54) is 10.4 Å². The van der Waals surface area contributed by atoms with Crippen LogP contribution in [0.5, 0.6) is 0 Å². The van der Waals surface area contributed by atoms with Gasteiger partial charge in [-0.2, -0.15) is 4.31 Å². The Morgan fingerprint density at radius 1 is 1.11 bits per heavy atom. The van der Waals surface area contributed by atoms with Gasteiger partial charge < -0.3 is 19.7 Å². The average Bonchev–Trinajstić information content (AvgIpc) is 2.73. The maximum atomic E-state index is 12.8. The van der Waals surface area contributed by atoms with Crippen LogP contribution in [0.3, 0.4) is 0 Å². The summed E-state index contributed by atoms with van der Waals surface area (Å²) in [6.45, 7) is 6.00. The number of hydrogen-bond acceptors (Lipinski definition) is 6. The number of anilines is 1. The third-order valence-electron chi connectivity index (χ3n) is 4.90. The number of rotatable bonds is 6. The van der Waals surface area contributed by atoms with Gasteiger partial charge in [0.05, 0.1) is 31.3 Å². The Morgan fingerprint density at radius 3 is 2.43 bits per heavy atom. The first kappa shape index (κ1) is 21.0. The maximum Gasteiger partial charge on any atom is 0.321 e. The van der Waals surface area contributed by atoms with Crippen LogP contribution in [-0.2, 0) is 19.5 Å². The third kappa shape index (κ3) is 5.42. The van der Waals surface area contributed by atoms with Gasteiger partial charge in [0.25, 0.3) is 0 Å². The van der Waals surface area contributed by atoms with Crippen LogP contribution < -0.4 is 5.32 Å². The lowest BCUT2D eigenvalue weighted by molar-refractivity contribution is 0.0359. The second-order valence-electron chi connectivity index (χ2n) is 6.85. The van der Waals surface area contributed by atoms with Gasteiger partial charge >= 0.3 is 6.03 Å². The summed E-state index contributed by atoms with van der Waals surface area (Å²) in [4.78, 5) is 16.5. The van der Waals surface area contributed by atoms with Crippen molar-refractivity contribution in [2.75, 3.05) is 78.1 Å². The first-order valence-electron chi connectivity index (χ1n) is 9.47. The second kappa shape index (κ2) is 9.66. The molecule has 1 aromatic carbocycles. The number of carbonyl (C=O) groups excluding carboxylic acids is 1. The highest BCUT2D eigenvalue weighted by Gasteiger charge is 2.26. The molecule has 1 N–H and O–H groups in total. The number of amides is 2. The third-order valence-corrected chi connectivity index (χ3v) is 6.79. The van der Waals surface area contributed by atoms with E-state index in [0.717, 1.165) is 32.8 Å². The number of sulfonamides is 1. The van der Waals surface area contributed by atoms with Crippen molar-refractivity contribution in [2.45, 2.75) is 4.90 Å². The van der Waals surface area contributed by atoms with Crippen molar-refractivity contribution >= 4 is 21.7 Å². The lowest BCUT2D eigenvalue weighted by Gasteiger charge is -2.28. The minimum atomic E-state index is -3.60. The van der Waals surface area contributed by atoms with E-state index in [-0.39, 0.29) is 10.9 Å². The van der Waals surface area contributed by atoms with Crippen LogP contribution in [0.2, 0.25) is 0 Å². The van der Waals surface area contributed by atoms with Gasteiger partial charge in [0.15, 0.2) is 0 Å². The molecule has 0 aromatic heterocycles. The fourth-order valence-corrected chi connectivity index (χ4v) is 4.56.